The van der Waals surface area contributed by atoms with E-state index in [0.717, 1.165) is 35.6 Å². The lowest BCUT2D eigenvalue weighted by molar-refractivity contribution is -0.111. The minimum atomic E-state index is -0.385. The van der Waals surface area contributed by atoms with Gasteiger partial charge in [0.2, 0.25) is 0 Å². The van der Waals surface area contributed by atoms with Crippen molar-refractivity contribution in [3.05, 3.63) is 77.9 Å². The van der Waals surface area contributed by atoms with Gasteiger partial charge in [-0.1, -0.05) is 23.8 Å². The molecule has 0 aromatic heterocycles. The number of carbonyl (C=O) groups is 1. The van der Waals surface area contributed by atoms with Crippen LogP contribution in [0, 0.1) is 6.92 Å². The van der Waals surface area contributed by atoms with Crippen LogP contribution in [0.1, 0.15) is 37.1 Å². The molecule has 0 aliphatic carbocycles. The van der Waals surface area contributed by atoms with E-state index >= 15 is 0 Å². The highest BCUT2D eigenvalue weighted by Crippen LogP contribution is 2.42. The summed E-state index contributed by atoms with van der Waals surface area (Å²) in [6.07, 6.45) is 2.06. The summed E-state index contributed by atoms with van der Waals surface area (Å²) in [5.41, 5.74) is 5.09. The molecule has 1 unspecified atom stereocenters. The molecule has 0 spiro atoms. The monoisotopic (exact) mass is 484 g/mol. The fourth-order valence-corrected chi connectivity index (χ4v) is 4.93. The van der Waals surface area contributed by atoms with Crippen LogP contribution in [0.5, 0.6) is 11.5 Å². The zero-order valence-electron chi connectivity index (χ0n) is 21.3. The van der Waals surface area contributed by atoms with Crippen LogP contribution in [0.2, 0.25) is 0 Å². The van der Waals surface area contributed by atoms with E-state index in [-0.39, 0.29) is 11.9 Å². The quantitative estimate of drug-likeness (QED) is 0.439. The van der Waals surface area contributed by atoms with Gasteiger partial charge in [0.15, 0.2) is 29.3 Å². The van der Waals surface area contributed by atoms with Gasteiger partial charge in [0.05, 0.1) is 19.9 Å². The third kappa shape index (κ3) is 4.37. The zero-order chi connectivity index (χ0) is 25.2. The first-order valence-corrected chi connectivity index (χ1v) is 12.3. The Hall–Kier alpha value is -4.00. The van der Waals surface area contributed by atoms with Gasteiger partial charge in [-0.25, -0.2) is 5.01 Å². The largest absolute Gasteiger partial charge is 0.493 e. The smallest absolute Gasteiger partial charge is 0.198 e. The molecule has 7 nitrogen and oxygen atoms in total. The van der Waals surface area contributed by atoms with E-state index in [1.54, 1.807) is 21.1 Å². The first kappa shape index (κ1) is 23.7. The number of rotatable bonds is 7. The minimum Gasteiger partial charge on any atom is -0.493 e. The van der Waals surface area contributed by atoms with E-state index in [9.17, 15) is 4.79 Å². The zero-order valence-corrected chi connectivity index (χ0v) is 21.3. The summed E-state index contributed by atoms with van der Waals surface area (Å²) in [5.74, 6) is 1.57. The molecule has 3 aromatic rings. The summed E-state index contributed by atoms with van der Waals surface area (Å²) in [5, 5.41) is 6.75. The van der Waals surface area contributed by atoms with Gasteiger partial charge in [0.1, 0.15) is 0 Å². The molecule has 1 atom stereocenters. The summed E-state index contributed by atoms with van der Waals surface area (Å²) in [6.45, 7) is 5.78. The second-order valence-electron chi connectivity index (χ2n) is 9.23. The Balaban J connectivity index is 1.62. The molecule has 186 valence electrons. The van der Waals surface area contributed by atoms with Gasteiger partial charge < -0.3 is 14.4 Å². The van der Waals surface area contributed by atoms with Gasteiger partial charge >= 0.3 is 0 Å². The van der Waals surface area contributed by atoms with Crippen molar-refractivity contribution >= 4 is 28.7 Å². The maximum atomic E-state index is 12.9. The Morgan fingerprint density at radius 1 is 0.833 bits per heavy atom. The van der Waals surface area contributed by atoms with Crippen molar-refractivity contribution in [1.82, 2.24) is 0 Å². The van der Waals surface area contributed by atoms with Crippen LogP contribution in [0.4, 0.5) is 17.1 Å². The number of aryl methyl sites for hydroxylation is 1. The van der Waals surface area contributed by atoms with E-state index in [0.29, 0.717) is 17.3 Å². The molecule has 2 heterocycles. The first-order chi connectivity index (χ1) is 17.5. The van der Waals surface area contributed by atoms with Gasteiger partial charge in [-0.15, -0.1) is 5.10 Å². The summed E-state index contributed by atoms with van der Waals surface area (Å²) in [6, 6.07) is 22.5. The molecule has 2 aliphatic rings. The molecule has 0 saturated carbocycles. The van der Waals surface area contributed by atoms with Crippen molar-refractivity contribution in [2.24, 2.45) is 5.10 Å². The molecule has 5 rings (SSSR count). The van der Waals surface area contributed by atoms with Crippen molar-refractivity contribution < 1.29 is 14.3 Å². The number of anilines is 3. The molecule has 3 aromatic carbocycles. The number of hydrazone groups is 1. The number of ether oxygens (including phenoxy) is 2. The van der Waals surface area contributed by atoms with E-state index in [2.05, 4.69) is 48.2 Å². The third-order valence-corrected chi connectivity index (χ3v) is 6.83. The normalized spacial score (nSPS) is 17.4. The average molecular weight is 485 g/mol. The molecule has 0 N–H and O–H groups in total. The number of benzene rings is 3. The third-order valence-electron chi connectivity index (χ3n) is 6.83. The Morgan fingerprint density at radius 3 is 2.06 bits per heavy atom. The molecule has 7 heteroatoms. The summed E-state index contributed by atoms with van der Waals surface area (Å²) in [7, 11) is 3.25. The van der Waals surface area contributed by atoms with Crippen molar-refractivity contribution in [1.29, 1.82) is 0 Å². The lowest BCUT2D eigenvalue weighted by atomic mass is 10.1. The van der Waals surface area contributed by atoms with Gasteiger partial charge in [-0.3, -0.25) is 9.69 Å². The Bertz CT molecular complexity index is 1260. The first-order valence-electron chi connectivity index (χ1n) is 12.3. The van der Waals surface area contributed by atoms with Crippen LogP contribution in [0.15, 0.2) is 71.8 Å². The molecule has 0 amide bonds. The minimum absolute atomic E-state index is 0.0984. The van der Waals surface area contributed by atoms with Gasteiger partial charge in [-0.2, -0.15) is 0 Å². The lowest BCUT2D eigenvalue weighted by Gasteiger charge is -2.32. The molecular weight excluding hydrogens is 452 g/mol. The second-order valence-corrected chi connectivity index (χ2v) is 9.23. The van der Waals surface area contributed by atoms with Crippen LogP contribution >= 0.6 is 0 Å². The predicted octanol–water partition coefficient (Wildman–Crippen LogP) is 5.54. The highest BCUT2D eigenvalue weighted by molar-refractivity contribution is 6.44. The maximum Gasteiger partial charge on any atom is 0.198 e. The number of ketones is 1. The van der Waals surface area contributed by atoms with Crippen molar-refractivity contribution in [3.63, 3.8) is 0 Å². The Morgan fingerprint density at radius 2 is 1.44 bits per heavy atom. The van der Waals surface area contributed by atoms with Crippen LogP contribution in [-0.2, 0) is 4.79 Å². The number of hydrogen-bond donors (Lipinski definition) is 0. The molecular formula is C29H32N4O3. The van der Waals surface area contributed by atoms with Gasteiger partial charge in [-0.05, 0) is 68.3 Å². The molecule has 36 heavy (non-hydrogen) atoms. The summed E-state index contributed by atoms with van der Waals surface area (Å²) in [4.78, 5) is 17.3. The number of Topliss-reactive ketones (excluding diaryl/α,β-unsaturated/α-hetero) is 1. The topological polar surface area (TPSA) is 57.6 Å². The van der Waals surface area contributed by atoms with Crippen molar-refractivity contribution in [3.8, 4) is 11.5 Å². The number of carbonyl (C=O) groups excluding carboxylic acids is 1. The van der Waals surface area contributed by atoms with Crippen LogP contribution < -0.4 is 24.3 Å². The highest BCUT2D eigenvalue weighted by atomic mass is 16.5. The molecule has 2 aliphatic heterocycles. The fourth-order valence-electron chi connectivity index (χ4n) is 4.93. The number of amidine groups is 1. The SMILES string of the molecule is COc1ccc(C2N(c3ccc(C)cc3)N=C(C(C)=O)N2c2ccc(N3CCCC3)cc2)cc1OC. The van der Waals surface area contributed by atoms with Crippen molar-refractivity contribution in [2.45, 2.75) is 32.9 Å². The summed E-state index contributed by atoms with van der Waals surface area (Å²) < 4.78 is 11.1. The maximum absolute atomic E-state index is 12.9. The van der Waals surface area contributed by atoms with E-state index in [4.69, 9.17) is 14.6 Å². The summed E-state index contributed by atoms with van der Waals surface area (Å²) >= 11 is 0. The fraction of sp³-hybridized carbons (Fsp3) is 0.310. The van der Waals surface area contributed by atoms with Gasteiger partial charge in [0, 0.05) is 37.0 Å². The number of hydrogen-bond acceptors (Lipinski definition) is 7. The van der Waals surface area contributed by atoms with Crippen LogP contribution in [-0.4, -0.2) is 38.9 Å². The van der Waals surface area contributed by atoms with E-state index in [1.165, 1.54) is 18.5 Å². The Labute approximate surface area is 212 Å². The molecule has 1 fully saturated rings. The molecule has 0 radical (unpaired) electrons. The number of methoxy groups -OCH3 is 2. The molecule has 0 bridgehead atoms. The average Bonchev–Trinajstić information content (AvgIpc) is 3.58. The van der Waals surface area contributed by atoms with Gasteiger partial charge in [0.25, 0.3) is 0 Å². The second kappa shape index (κ2) is 9.93. The lowest BCUT2D eigenvalue weighted by Crippen LogP contribution is -2.37. The highest BCUT2D eigenvalue weighted by Gasteiger charge is 2.39. The van der Waals surface area contributed by atoms with E-state index in [1.807, 2.05) is 40.2 Å². The Kier molecular flexibility index (Phi) is 6.55. The standard InChI is InChI=1S/C29H32N4O3/c1-20-7-10-25(11-8-20)33-29(22-9-16-26(35-3)27(19-22)36-4)32(28(30-33)21(2)34)24-14-12-23(13-15-24)31-17-5-6-18-31/h7-16,19,29H,5-6,17-18H2,1-4H3. The van der Waals surface area contributed by atoms with E-state index < -0.39 is 0 Å². The predicted molar refractivity (Wildman–Crippen MR) is 144 cm³/mol. The molecule has 1 saturated heterocycles. The van der Waals surface area contributed by atoms with Crippen LogP contribution in [0.25, 0.3) is 0 Å². The van der Waals surface area contributed by atoms with Crippen molar-refractivity contribution in [2.75, 3.05) is 42.1 Å². The number of nitrogens with zero attached hydrogens (tertiary/aromatic N) is 4. The van der Waals surface area contributed by atoms with Crippen LogP contribution in [0.3, 0.4) is 0 Å².